The zero-order valence-corrected chi connectivity index (χ0v) is 17.3. The quantitative estimate of drug-likeness (QED) is 0.796. The van der Waals surface area contributed by atoms with Crippen molar-refractivity contribution in [1.82, 2.24) is 14.9 Å². The number of nitrogens with zero attached hydrogens (tertiary/aromatic N) is 3. The zero-order chi connectivity index (χ0) is 21.0. The number of aryl methyl sites for hydroxylation is 1. The van der Waals surface area contributed by atoms with Gasteiger partial charge in [0.15, 0.2) is 0 Å². The Morgan fingerprint density at radius 2 is 1.93 bits per heavy atom. The molecule has 5 rings (SSSR count). The first kappa shape index (κ1) is 19.2. The lowest BCUT2D eigenvalue weighted by molar-refractivity contribution is -0.0225. The van der Waals surface area contributed by atoms with E-state index in [2.05, 4.69) is 15.3 Å². The fourth-order valence-corrected chi connectivity index (χ4v) is 5.06. The molecule has 156 valence electrons. The normalized spacial score (nSPS) is 18.9. The van der Waals surface area contributed by atoms with Crippen LogP contribution >= 0.6 is 0 Å². The molecule has 0 spiro atoms. The van der Waals surface area contributed by atoms with Crippen LogP contribution in [0.15, 0.2) is 24.5 Å². The average molecular weight is 406 g/mol. The third kappa shape index (κ3) is 3.17. The van der Waals surface area contributed by atoms with Gasteiger partial charge in [-0.1, -0.05) is 0 Å². The van der Waals surface area contributed by atoms with Gasteiger partial charge in [0.2, 0.25) is 0 Å². The Labute approximate surface area is 175 Å². The third-order valence-corrected chi connectivity index (χ3v) is 6.43. The number of aromatic nitrogens is 2. The van der Waals surface area contributed by atoms with Crippen LogP contribution in [0.5, 0.6) is 0 Å². The molecule has 1 aliphatic heterocycles. The van der Waals surface area contributed by atoms with Crippen molar-refractivity contribution in [2.24, 2.45) is 5.92 Å². The Morgan fingerprint density at radius 3 is 2.67 bits per heavy atom. The average Bonchev–Trinajstić information content (AvgIpc) is 3.29. The molecular weight excluding hydrogens is 380 g/mol. The topological polar surface area (TPSA) is 95.4 Å². The van der Waals surface area contributed by atoms with Gasteiger partial charge in [0, 0.05) is 23.7 Å². The summed E-state index contributed by atoms with van der Waals surface area (Å²) < 4.78 is 0. The van der Waals surface area contributed by atoms with E-state index in [9.17, 15) is 14.7 Å². The Kier molecular flexibility index (Phi) is 4.39. The predicted octanol–water partition coefficient (Wildman–Crippen LogP) is 2.72. The van der Waals surface area contributed by atoms with Crippen LogP contribution in [0, 0.1) is 5.92 Å². The number of amides is 2. The van der Waals surface area contributed by atoms with E-state index in [1.807, 2.05) is 0 Å². The van der Waals surface area contributed by atoms with Gasteiger partial charge in [-0.25, -0.2) is 0 Å². The highest BCUT2D eigenvalue weighted by Crippen LogP contribution is 2.43. The second-order valence-electron chi connectivity index (χ2n) is 9.14. The van der Waals surface area contributed by atoms with Gasteiger partial charge < -0.3 is 15.3 Å². The smallest absolute Gasteiger partial charge is 0.258 e. The standard InChI is InChI=1S/C23H26N4O3/c1-23(2,30)20(13-6-7-13)27-12-18-19(22(27)29)17(9-11-25-18)26-21(28)15-8-10-24-16-5-3-4-14(15)16/h8-11,13,20,30H,3-7,12H2,1-2H3,(H,25,26,28)/t20-/m1/s1. The molecule has 3 heterocycles. The third-order valence-electron chi connectivity index (χ3n) is 6.43. The van der Waals surface area contributed by atoms with E-state index in [1.165, 1.54) is 0 Å². The number of carbonyl (C=O) groups excluding carboxylic acids is 2. The molecule has 0 radical (unpaired) electrons. The molecule has 0 unspecified atom stereocenters. The summed E-state index contributed by atoms with van der Waals surface area (Å²) in [5.74, 6) is -0.0930. The van der Waals surface area contributed by atoms with Crippen LogP contribution in [0.1, 0.15) is 70.8 Å². The van der Waals surface area contributed by atoms with Crippen LogP contribution in [-0.2, 0) is 19.4 Å². The minimum absolute atomic E-state index is 0.174. The van der Waals surface area contributed by atoms with Crippen LogP contribution in [0.4, 0.5) is 5.69 Å². The van der Waals surface area contributed by atoms with Crippen LogP contribution in [0.2, 0.25) is 0 Å². The van der Waals surface area contributed by atoms with Crippen LogP contribution in [-0.4, -0.2) is 43.4 Å². The first-order valence-corrected chi connectivity index (χ1v) is 10.6. The lowest BCUT2D eigenvalue weighted by atomic mass is 9.93. The van der Waals surface area contributed by atoms with E-state index < -0.39 is 5.60 Å². The van der Waals surface area contributed by atoms with Gasteiger partial charge in [-0.3, -0.25) is 19.6 Å². The summed E-state index contributed by atoms with van der Waals surface area (Å²) >= 11 is 0. The molecule has 2 aromatic rings. The molecule has 2 N–H and O–H groups in total. The molecule has 7 heteroatoms. The second kappa shape index (κ2) is 6.87. The SMILES string of the molecule is CC(C)(O)[C@@H](C1CC1)N1Cc2nccc(NC(=O)c3ccnc4c3CCC4)c2C1=O. The maximum absolute atomic E-state index is 13.4. The van der Waals surface area contributed by atoms with Crippen LogP contribution in [0.3, 0.4) is 0 Å². The zero-order valence-electron chi connectivity index (χ0n) is 17.3. The number of pyridine rings is 2. The van der Waals surface area contributed by atoms with Crippen molar-refractivity contribution >= 4 is 17.5 Å². The molecule has 0 aromatic carbocycles. The molecule has 30 heavy (non-hydrogen) atoms. The van der Waals surface area contributed by atoms with Gasteiger partial charge in [0.1, 0.15) is 0 Å². The molecule has 2 aromatic heterocycles. The van der Waals surface area contributed by atoms with Gasteiger partial charge in [-0.15, -0.1) is 0 Å². The van der Waals surface area contributed by atoms with Crippen molar-refractivity contribution in [3.8, 4) is 0 Å². The Balaban J connectivity index is 1.44. The van der Waals surface area contributed by atoms with Crippen molar-refractivity contribution in [2.45, 2.75) is 64.1 Å². The summed E-state index contributed by atoms with van der Waals surface area (Å²) in [6.45, 7) is 3.87. The number of hydrogen-bond acceptors (Lipinski definition) is 5. The van der Waals surface area contributed by atoms with Gasteiger partial charge in [-0.05, 0) is 69.6 Å². The number of aliphatic hydroxyl groups is 1. The summed E-state index contributed by atoms with van der Waals surface area (Å²) in [5.41, 5.74) is 3.18. The number of rotatable bonds is 5. The summed E-state index contributed by atoms with van der Waals surface area (Å²) in [6, 6.07) is 3.16. The van der Waals surface area contributed by atoms with Gasteiger partial charge >= 0.3 is 0 Å². The van der Waals surface area contributed by atoms with E-state index >= 15 is 0 Å². The highest BCUT2D eigenvalue weighted by atomic mass is 16.3. The van der Waals surface area contributed by atoms with Crippen molar-refractivity contribution < 1.29 is 14.7 Å². The lowest BCUT2D eigenvalue weighted by Crippen LogP contribution is -2.51. The molecule has 2 aliphatic carbocycles. The molecule has 0 bridgehead atoms. The van der Waals surface area contributed by atoms with Gasteiger partial charge in [-0.2, -0.15) is 0 Å². The minimum Gasteiger partial charge on any atom is -0.388 e. The van der Waals surface area contributed by atoms with Crippen molar-refractivity contribution in [2.75, 3.05) is 5.32 Å². The largest absolute Gasteiger partial charge is 0.388 e. The minimum atomic E-state index is -1.00. The second-order valence-corrected chi connectivity index (χ2v) is 9.14. The summed E-state index contributed by atoms with van der Waals surface area (Å²) in [6.07, 6.45) is 8.07. The van der Waals surface area contributed by atoms with E-state index in [4.69, 9.17) is 0 Å². The van der Waals surface area contributed by atoms with Gasteiger partial charge in [0.05, 0.1) is 35.1 Å². The van der Waals surface area contributed by atoms with Crippen LogP contribution < -0.4 is 5.32 Å². The number of hydrogen-bond donors (Lipinski definition) is 2. The number of carbonyl (C=O) groups is 2. The number of nitrogens with one attached hydrogen (secondary N) is 1. The first-order valence-electron chi connectivity index (χ1n) is 10.6. The predicted molar refractivity (Wildman–Crippen MR) is 111 cm³/mol. The van der Waals surface area contributed by atoms with E-state index in [-0.39, 0.29) is 17.9 Å². The van der Waals surface area contributed by atoms with Crippen LogP contribution in [0.25, 0.3) is 0 Å². The lowest BCUT2D eigenvalue weighted by Gasteiger charge is -2.37. The number of anilines is 1. The maximum Gasteiger partial charge on any atom is 0.258 e. The van der Waals surface area contributed by atoms with E-state index in [0.29, 0.717) is 35.0 Å². The van der Waals surface area contributed by atoms with Gasteiger partial charge in [0.25, 0.3) is 11.8 Å². The molecule has 1 saturated carbocycles. The molecular formula is C23H26N4O3. The molecule has 1 atom stereocenters. The van der Waals surface area contributed by atoms with Crippen molar-refractivity contribution in [3.05, 3.63) is 52.6 Å². The van der Waals surface area contributed by atoms with Crippen molar-refractivity contribution in [1.29, 1.82) is 0 Å². The monoisotopic (exact) mass is 406 g/mol. The fourth-order valence-electron chi connectivity index (χ4n) is 5.06. The Bertz CT molecular complexity index is 1040. The van der Waals surface area contributed by atoms with E-state index in [1.54, 1.807) is 43.3 Å². The molecule has 1 fully saturated rings. The summed E-state index contributed by atoms with van der Waals surface area (Å²) in [4.78, 5) is 36.9. The van der Waals surface area contributed by atoms with Crippen molar-refractivity contribution in [3.63, 3.8) is 0 Å². The van der Waals surface area contributed by atoms with E-state index in [0.717, 1.165) is 43.4 Å². The fraction of sp³-hybridized carbons (Fsp3) is 0.478. The summed E-state index contributed by atoms with van der Waals surface area (Å²) in [5, 5.41) is 13.7. The molecule has 7 nitrogen and oxygen atoms in total. The number of fused-ring (bicyclic) bond motifs is 2. The highest BCUT2D eigenvalue weighted by Gasteiger charge is 2.48. The highest BCUT2D eigenvalue weighted by molar-refractivity contribution is 6.11. The molecule has 2 amide bonds. The Hall–Kier alpha value is -2.80. The maximum atomic E-state index is 13.4. The molecule has 3 aliphatic rings. The summed E-state index contributed by atoms with van der Waals surface area (Å²) in [7, 11) is 0. The first-order chi connectivity index (χ1) is 14.3. The molecule has 0 saturated heterocycles. The Morgan fingerprint density at radius 1 is 1.20 bits per heavy atom.